The Kier molecular flexibility index (Phi) is 4.21. The van der Waals surface area contributed by atoms with Crippen LogP contribution < -0.4 is 5.32 Å². The highest BCUT2D eigenvalue weighted by molar-refractivity contribution is 5.74. The van der Waals surface area contributed by atoms with Gasteiger partial charge in [-0.15, -0.1) is 0 Å². The number of ether oxygens (including phenoxy) is 1. The summed E-state index contributed by atoms with van der Waals surface area (Å²) in [5.74, 6) is 2.12. The molecule has 1 aromatic carbocycles. The summed E-state index contributed by atoms with van der Waals surface area (Å²) in [5, 5.41) is 2.93. The Morgan fingerprint density at radius 3 is 2.88 bits per heavy atom. The molecule has 4 rings (SSSR count). The average Bonchev–Trinajstić information content (AvgIpc) is 3.21. The van der Waals surface area contributed by atoms with Gasteiger partial charge in [0.05, 0.1) is 19.7 Å². The van der Waals surface area contributed by atoms with E-state index in [1.54, 1.807) is 4.90 Å². The molecule has 6 nitrogen and oxygen atoms in total. The molecule has 0 saturated heterocycles. The van der Waals surface area contributed by atoms with Crippen LogP contribution in [0.4, 0.5) is 4.79 Å². The molecular formula is C18H21N3O3. The van der Waals surface area contributed by atoms with Crippen molar-refractivity contribution in [1.29, 1.82) is 0 Å². The standard InChI is InChI=1S/C18H21N3O3/c22-18(19-8-13-4-2-1-3-5-13)21-9-15-16(10-21)24-17(20-15)12-23-11-14-6-7-14/h1-5,14H,6-12H2,(H,19,22). The first-order valence-electron chi connectivity index (χ1n) is 8.40. The molecule has 0 spiro atoms. The van der Waals surface area contributed by atoms with Gasteiger partial charge in [-0.3, -0.25) is 0 Å². The molecule has 2 heterocycles. The zero-order chi connectivity index (χ0) is 16.4. The number of amides is 2. The van der Waals surface area contributed by atoms with Crippen LogP contribution in [0, 0.1) is 5.92 Å². The number of carbonyl (C=O) groups is 1. The second-order valence-corrected chi connectivity index (χ2v) is 6.44. The summed E-state index contributed by atoms with van der Waals surface area (Å²) < 4.78 is 11.3. The predicted molar refractivity (Wildman–Crippen MR) is 86.8 cm³/mol. The molecule has 0 atom stereocenters. The number of hydrogen-bond acceptors (Lipinski definition) is 4. The van der Waals surface area contributed by atoms with Crippen LogP contribution in [0.1, 0.15) is 35.7 Å². The van der Waals surface area contributed by atoms with E-state index in [1.807, 2.05) is 30.3 Å². The minimum absolute atomic E-state index is 0.0985. The Bertz CT molecular complexity index is 686. The lowest BCUT2D eigenvalue weighted by Crippen LogP contribution is -2.36. The van der Waals surface area contributed by atoms with Crippen LogP contribution >= 0.6 is 0 Å². The Labute approximate surface area is 140 Å². The highest BCUT2D eigenvalue weighted by Gasteiger charge is 2.29. The average molecular weight is 327 g/mol. The van der Waals surface area contributed by atoms with Gasteiger partial charge >= 0.3 is 6.03 Å². The van der Waals surface area contributed by atoms with Gasteiger partial charge in [-0.05, 0) is 24.3 Å². The number of benzene rings is 1. The minimum atomic E-state index is -0.0985. The molecule has 2 aromatic rings. The lowest BCUT2D eigenvalue weighted by molar-refractivity contribution is 0.0921. The van der Waals surface area contributed by atoms with Gasteiger partial charge in [0, 0.05) is 6.54 Å². The summed E-state index contributed by atoms with van der Waals surface area (Å²) in [6.45, 7) is 2.68. The van der Waals surface area contributed by atoms with Crippen molar-refractivity contribution in [3.05, 3.63) is 53.2 Å². The number of fused-ring (bicyclic) bond motifs is 1. The van der Waals surface area contributed by atoms with E-state index in [-0.39, 0.29) is 6.03 Å². The third-order valence-corrected chi connectivity index (χ3v) is 4.35. The van der Waals surface area contributed by atoms with Gasteiger partial charge in [0.2, 0.25) is 5.89 Å². The normalized spacial score (nSPS) is 16.2. The fraction of sp³-hybridized carbons (Fsp3) is 0.444. The highest BCUT2D eigenvalue weighted by Crippen LogP contribution is 2.29. The molecule has 2 aliphatic rings. The Hall–Kier alpha value is -2.34. The van der Waals surface area contributed by atoms with E-state index >= 15 is 0 Å². The van der Waals surface area contributed by atoms with Crippen LogP contribution in [0.5, 0.6) is 0 Å². The van der Waals surface area contributed by atoms with E-state index in [0.29, 0.717) is 32.1 Å². The van der Waals surface area contributed by atoms with Crippen molar-refractivity contribution in [2.45, 2.75) is 39.1 Å². The molecule has 1 aromatic heterocycles. The SMILES string of the molecule is O=C(NCc1ccccc1)N1Cc2nc(COCC3CC3)oc2C1. The maximum Gasteiger partial charge on any atom is 0.318 e. The quantitative estimate of drug-likeness (QED) is 0.886. The van der Waals surface area contributed by atoms with Gasteiger partial charge in [-0.25, -0.2) is 9.78 Å². The van der Waals surface area contributed by atoms with Gasteiger partial charge in [-0.2, -0.15) is 0 Å². The molecule has 1 fully saturated rings. The van der Waals surface area contributed by atoms with Crippen LogP contribution in [0.3, 0.4) is 0 Å². The minimum Gasteiger partial charge on any atom is -0.441 e. The lowest BCUT2D eigenvalue weighted by atomic mass is 10.2. The second kappa shape index (κ2) is 6.65. The summed E-state index contributed by atoms with van der Waals surface area (Å²) in [6.07, 6.45) is 2.55. The fourth-order valence-electron chi connectivity index (χ4n) is 2.78. The van der Waals surface area contributed by atoms with Crippen molar-refractivity contribution in [2.24, 2.45) is 5.92 Å². The van der Waals surface area contributed by atoms with Crippen LogP contribution in [0.25, 0.3) is 0 Å². The Morgan fingerprint density at radius 1 is 1.29 bits per heavy atom. The molecule has 2 amide bonds. The van der Waals surface area contributed by atoms with Crippen molar-refractivity contribution in [1.82, 2.24) is 15.2 Å². The molecule has 24 heavy (non-hydrogen) atoms. The Morgan fingerprint density at radius 2 is 2.12 bits per heavy atom. The first-order chi connectivity index (χ1) is 11.8. The van der Waals surface area contributed by atoms with Crippen molar-refractivity contribution in [3.8, 4) is 0 Å². The summed E-state index contributed by atoms with van der Waals surface area (Å²) in [4.78, 5) is 18.4. The van der Waals surface area contributed by atoms with Crippen molar-refractivity contribution in [2.75, 3.05) is 6.61 Å². The van der Waals surface area contributed by atoms with E-state index in [2.05, 4.69) is 10.3 Å². The topological polar surface area (TPSA) is 67.6 Å². The number of nitrogens with one attached hydrogen (secondary N) is 1. The molecule has 6 heteroatoms. The van der Waals surface area contributed by atoms with Crippen LogP contribution in [0.15, 0.2) is 34.7 Å². The number of urea groups is 1. The number of aromatic nitrogens is 1. The molecule has 1 aliphatic heterocycles. The molecule has 126 valence electrons. The molecular weight excluding hydrogens is 306 g/mol. The summed E-state index contributed by atoms with van der Waals surface area (Å²) in [7, 11) is 0. The summed E-state index contributed by atoms with van der Waals surface area (Å²) >= 11 is 0. The van der Waals surface area contributed by atoms with Crippen LogP contribution in [-0.4, -0.2) is 22.5 Å². The van der Waals surface area contributed by atoms with E-state index in [1.165, 1.54) is 12.8 Å². The molecule has 1 aliphatic carbocycles. The van der Waals surface area contributed by atoms with Gasteiger partial charge in [0.1, 0.15) is 18.1 Å². The number of carbonyl (C=O) groups excluding carboxylic acids is 1. The number of hydrogen-bond donors (Lipinski definition) is 1. The van der Waals surface area contributed by atoms with Crippen molar-refractivity contribution < 1.29 is 13.9 Å². The monoisotopic (exact) mass is 327 g/mol. The second-order valence-electron chi connectivity index (χ2n) is 6.44. The van der Waals surface area contributed by atoms with Gasteiger partial charge in [0.15, 0.2) is 0 Å². The maximum absolute atomic E-state index is 12.2. The number of rotatable bonds is 6. The zero-order valence-electron chi connectivity index (χ0n) is 13.5. The lowest BCUT2D eigenvalue weighted by Gasteiger charge is -2.16. The zero-order valence-corrected chi connectivity index (χ0v) is 13.5. The predicted octanol–water partition coefficient (Wildman–Crippen LogP) is 2.83. The van der Waals surface area contributed by atoms with Gasteiger partial charge in [-0.1, -0.05) is 30.3 Å². The Balaban J connectivity index is 1.25. The molecule has 1 N–H and O–H groups in total. The van der Waals surface area contributed by atoms with E-state index in [9.17, 15) is 4.79 Å². The van der Waals surface area contributed by atoms with E-state index in [0.717, 1.165) is 29.5 Å². The molecule has 0 bridgehead atoms. The smallest absolute Gasteiger partial charge is 0.318 e. The van der Waals surface area contributed by atoms with Crippen molar-refractivity contribution in [3.63, 3.8) is 0 Å². The molecule has 0 radical (unpaired) electrons. The first-order valence-corrected chi connectivity index (χ1v) is 8.40. The fourth-order valence-corrected chi connectivity index (χ4v) is 2.78. The third kappa shape index (κ3) is 3.59. The number of oxazole rings is 1. The van der Waals surface area contributed by atoms with Gasteiger partial charge < -0.3 is 19.4 Å². The number of nitrogens with zero attached hydrogens (tertiary/aromatic N) is 2. The summed E-state index contributed by atoms with van der Waals surface area (Å²) in [6, 6.07) is 9.76. The summed E-state index contributed by atoms with van der Waals surface area (Å²) in [5.41, 5.74) is 1.92. The van der Waals surface area contributed by atoms with E-state index < -0.39 is 0 Å². The molecule has 0 unspecified atom stereocenters. The molecule has 1 saturated carbocycles. The van der Waals surface area contributed by atoms with Crippen LogP contribution in [0.2, 0.25) is 0 Å². The highest BCUT2D eigenvalue weighted by atomic mass is 16.5. The van der Waals surface area contributed by atoms with E-state index in [4.69, 9.17) is 9.15 Å². The third-order valence-electron chi connectivity index (χ3n) is 4.35. The maximum atomic E-state index is 12.2. The van der Waals surface area contributed by atoms with Crippen LogP contribution in [-0.2, 0) is 31.0 Å². The largest absolute Gasteiger partial charge is 0.441 e. The van der Waals surface area contributed by atoms with Crippen molar-refractivity contribution >= 4 is 6.03 Å². The van der Waals surface area contributed by atoms with Gasteiger partial charge in [0.25, 0.3) is 0 Å². The first kappa shape index (κ1) is 15.2.